The first-order chi connectivity index (χ1) is 10.7. The second kappa shape index (κ2) is 6.29. The predicted molar refractivity (Wildman–Crippen MR) is 78.5 cm³/mol. The Morgan fingerprint density at radius 1 is 1.14 bits per heavy atom. The van der Waals surface area contributed by atoms with Gasteiger partial charge in [-0.15, -0.1) is 5.10 Å². The van der Waals surface area contributed by atoms with E-state index in [4.69, 9.17) is 4.74 Å². The number of ether oxygens (including phenoxy) is 1. The van der Waals surface area contributed by atoms with E-state index in [2.05, 4.69) is 10.2 Å². The fourth-order valence-corrected chi connectivity index (χ4v) is 2.52. The van der Waals surface area contributed by atoms with Crippen molar-refractivity contribution in [2.75, 3.05) is 32.8 Å². The molecule has 0 bridgehead atoms. The normalized spacial score (nSPS) is 18.2. The van der Waals surface area contributed by atoms with Crippen molar-refractivity contribution >= 4 is 12.0 Å². The first kappa shape index (κ1) is 14.7. The number of rotatable bonds is 3. The molecule has 1 saturated carbocycles. The van der Waals surface area contributed by atoms with E-state index >= 15 is 0 Å². The van der Waals surface area contributed by atoms with Gasteiger partial charge in [0, 0.05) is 32.1 Å². The van der Waals surface area contributed by atoms with Crippen LogP contribution in [0.1, 0.15) is 41.9 Å². The van der Waals surface area contributed by atoms with Gasteiger partial charge < -0.3 is 14.5 Å². The summed E-state index contributed by atoms with van der Waals surface area (Å²) < 4.78 is 4.96. The smallest absolute Gasteiger partial charge is 0.409 e. The lowest BCUT2D eigenvalue weighted by Crippen LogP contribution is -2.50. The average molecular weight is 304 g/mol. The molecule has 7 nitrogen and oxygen atoms in total. The van der Waals surface area contributed by atoms with Gasteiger partial charge in [-0.1, -0.05) is 0 Å². The molecule has 1 aromatic rings. The van der Waals surface area contributed by atoms with E-state index in [1.807, 2.05) is 6.07 Å². The summed E-state index contributed by atoms with van der Waals surface area (Å²) in [7, 11) is 0. The van der Waals surface area contributed by atoms with Crippen molar-refractivity contribution in [2.24, 2.45) is 0 Å². The maximum absolute atomic E-state index is 12.4. The Balaban J connectivity index is 1.56. The molecule has 7 heteroatoms. The van der Waals surface area contributed by atoms with Gasteiger partial charge in [-0.25, -0.2) is 4.79 Å². The fraction of sp³-hybridized carbons (Fsp3) is 0.600. The summed E-state index contributed by atoms with van der Waals surface area (Å²) in [5, 5.41) is 8.19. The average Bonchev–Trinajstić information content (AvgIpc) is 3.40. The number of aromatic nitrogens is 2. The molecule has 1 saturated heterocycles. The second-order valence-electron chi connectivity index (χ2n) is 5.60. The highest BCUT2D eigenvalue weighted by Crippen LogP contribution is 2.38. The standard InChI is InChI=1S/C15H20N4O3/c1-2-22-15(21)19-9-7-18(8-10-19)14(20)13-6-5-12(16-17-13)11-3-4-11/h5-6,11H,2-4,7-10H2,1H3. The van der Waals surface area contributed by atoms with Gasteiger partial charge in [0.15, 0.2) is 5.69 Å². The molecular weight excluding hydrogens is 284 g/mol. The number of hydrogen-bond acceptors (Lipinski definition) is 5. The zero-order valence-corrected chi connectivity index (χ0v) is 12.7. The predicted octanol–water partition coefficient (Wildman–Crippen LogP) is 1.27. The molecule has 1 aliphatic heterocycles. The van der Waals surface area contributed by atoms with Crippen LogP contribution in [0.5, 0.6) is 0 Å². The van der Waals surface area contributed by atoms with Crippen LogP contribution < -0.4 is 0 Å². The Morgan fingerprint density at radius 2 is 1.82 bits per heavy atom. The monoisotopic (exact) mass is 304 g/mol. The van der Waals surface area contributed by atoms with Gasteiger partial charge in [-0.05, 0) is 31.9 Å². The summed E-state index contributed by atoms with van der Waals surface area (Å²) in [5.41, 5.74) is 1.35. The zero-order chi connectivity index (χ0) is 15.5. The molecule has 0 atom stereocenters. The van der Waals surface area contributed by atoms with Crippen molar-refractivity contribution in [3.05, 3.63) is 23.5 Å². The molecule has 118 valence electrons. The van der Waals surface area contributed by atoms with E-state index in [-0.39, 0.29) is 12.0 Å². The Labute approximate surface area is 129 Å². The van der Waals surface area contributed by atoms with Gasteiger partial charge in [-0.3, -0.25) is 4.79 Å². The molecule has 2 amide bonds. The van der Waals surface area contributed by atoms with E-state index in [0.29, 0.717) is 44.4 Å². The van der Waals surface area contributed by atoms with Crippen molar-refractivity contribution in [1.29, 1.82) is 0 Å². The Bertz CT molecular complexity index is 548. The van der Waals surface area contributed by atoms with Crippen molar-refractivity contribution in [1.82, 2.24) is 20.0 Å². The maximum Gasteiger partial charge on any atom is 0.409 e. The molecular formula is C15H20N4O3. The van der Waals surface area contributed by atoms with Crippen LogP contribution in [0, 0.1) is 0 Å². The molecule has 0 aromatic carbocycles. The van der Waals surface area contributed by atoms with E-state index in [1.54, 1.807) is 22.8 Å². The summed E-state index contributed by atoms with van der Waals surface area (Å²) in [6.07, 6.45) is 2.01. The first-order valence-corrected chi connectivity index (χ1v) is 7.73. The SMILES string of the molecule is CCOC(=O)N1CCN(C(=O)c2ccc(C3CC3)nn2)CC1. The van der Waals surface area contributed by atoms with Crippen molar-refractivity contribution in [3.8, 4) is 0 Å². The number of carbonyl (C=O) groups excluding carboxylic acids is 2. The van der Waals surface area contributed by atoms with Crippen LogP contribution in [0.4, 0.5) is 4.79 Å². The molecule has 0 radical (unpaired) electrons. The summed E-state index contributed by atoms with van der Waals surface area (Å²) in [6.45, 7) is 4.09. The topological polar surface area (TPSA) is 75.6 Å². The van der Waals surface area contributed by atoms with Gasteiger partial charge >= 0.3 is 6.09 Å². The van der Waals surface area contributed by atoms with E-state index in [1.165, 1.54) is 0 Å². The van der Waals surface area contributed by atoms with Crippen LogP contribution in [0.25, 0.3) is 0 Å². The van der Waals surface area contributed by atoms with Gasteiger partial charge in [0.1, 0.15) is 0 Å². The lowest BCUT2D eigenvalue weighted by Gasteiger charge is -2.33. The molecule has 3 rings (SSSR count). The van der Waals surface area contributed by atoms with E-state index in [0.717, 1.165) is 18.5 Å². The highest BCUT2D eigenvalue weighted by molar-refractivity contribution is 5.92. The van der Waals surface area contributed by atoms with Crippen LogP contribution in [0.3, 0.4) is 0 Å². The van der Waals surface area contributed by atoms with Crippen molar-refractivity contribution < 1.29 is 14.3 Å². The van der Waals surface area contributed by atoms with Gasteiger partial charge in [-0.2, -0.15) is 5.10 Å². The minimum Gasteiger partial charge on any atom is -0.450 e. The number of piperazine rings is 1. The molecule has 2 heterocycles. The molecule has 1 aromatic heterocycles. The lowest BCUT2D eigenvalue weighted by molar-refractivity contribution is 0.0565. The summed E-state index contributed by atoms with van der Waals surface area (Å²) in [4.78, 5) is 27.3. The van der Waals surface area contributed by atoms with E-state index in [9.17, 15) is 9.59 Å². The minimum absolute atomic E-state index is 0.127. The summed E-state index contributed by atoms with van der Waals surface area (Å²) >= 11 is 0. The highest BCUT2D eigenvalue weighted by Gasteiger charge is 2.28. The molecule has 2 aliphatic rings. The molecule has 0 N–H and O–H groups in total. The Kier molecular flexibility index (Phi) is 4.22. The second-order valence-corrected chi connectivity index (χ2v) is 5.60. The van der Waals surface area contributed by atoms with Crippen LogP contribution in [0.15, 0.2) is 12.1 Å². The van der Waals surface area contributed by atoms with Crippen molar-refractivity contribution in [3.63, 3.8) is 0 Å². The van der Waals surface area contributed by atoms with Gasteiger partial charge in [0.2, 0.25) is 0 Å². The number of amides is 2. The Morgan fingerprint density at radius 3 is 2.36 bits per heavy atom. The lowest BCUT2D eigenvalue weighted by atomic mass is 10.2. The largest absolute Gasteiger partial charge is 0.450 e. The summed E-state index contributed by atoms with van der Waals surface area (Å²) in [6, 6.07) is 3.65. The summed E-state index contributed by atoms with van der Waals surface area (Å²) in [5.74, 6) is 0.406. The Hall–Kier alpha value is -2.18. The van der Waals surface area contributed by atoms with Crippen molar-refractivity contribution in [2.45, 2.75) is 25.7 Å². The van der Waals surface area contributed by atoms with Crippen LogP contribution in [-0.2, 0) is 4.74 Å². The molecule has 0 unspecified atom stereocenters. The number of hydrogen-bond donors (Lipinski definition) is 0. The first-order valence-electron chi connectivity index (χ1n) is 7.73. The number of carbonyl (C=O) groups is 2. The third-order valence-corrected chi connectivity index (χ3v) is 3.99. The quantitative estimate of drug-likeness (QED) is 0.840. The molecule has 2 fully saturated rings. The fourth-order valence-electron chi connectivity index (χ4n) is 2.52. The third-order valence-electron chi connectivity index (χ3n) is 3.99. The molecule has 0 spiro atoms. The van der Waals surface area contributed by atoms with Gasteiger partial charge in [0.05, 0.1) is 12.3 Å². The zero-order valence-electron chi connectivity index (χ0n) is 12.7. The van der Waals surface area contributed by atoms with Crippen LogP contribution in [-0.4, -0.2) is 64.8 Å². The maximum atomic E-state index is 12.4. The molecule has 22 heavy (non-hydrogen) atoms. The molecule has 1 aliphatic carbocycles. The van der Waals surface area contributed by atoms with E-state index < -0.39 is 0 Å². The highest BCUT2D eigenvalue weighted by atomic mass is 16.6. The van der Waals surface area contributed by atoms with Crippen LogP contribution in [0.2, 0.25) is 0 Å². The van der Waals surface area contributed by atoms with Gasteiger partial charge in [0.25, 0.3) is 5.91 Å². The number of nitrogens with zero attached hydrogens (tertiary/aromatic N) is 4. The third kappa shape index (κ3) is 3.18. The van der Waals surface area contributed by atoms with Crippen LogP contribution >= 0.6 is 0 Å². The minimum atomic E-state index is -0.317.